The molecule has 1 heterocycles. The molecule has 0 radical (unpaired) electrons. The molecular formula is C24H30N2O4. The maximum absolute atomic E-state index is 12.2. The van der Waals surface area contributed by atoms with Gasteiger partial charge in [-0.1, -0.05) is 54.6 Å². The zero-order valence-corrected chi connectivity index (χ0v) is 18.1. The lowest BCUT2D eigenvalue weighted by atomic mass is 9.91. The summed E-state index contributed by atoms with van der Waals surface area (Å²) in [6.45, 7) is 7.68. The SMILES string of the molecule is CN(Cc1ccc(C2CN(C(=O)OC(C)(C)C)C2)cc1)C(=O)OCc1ccccc1. The van der Waals surface area contributed by atoms with Gasteiger partial charge in [0.1, 0.15) is 12.2 Å². The molecule has 0 spiro atoms. The molecule has 6 nitrogen and oxygen atoms in total. The quantitative estimate of drug-likeness (QED) is 0.711. The lowest BCUT2D eigenvalue weighted by Gasteiger charge is -2.40. The average molecular weight is 411 g/mol. The van der Waals surface area contributed by atoms with E-state index in [1.165, 1.54) is 5.56 Å². The van der Waals surface area contributed by atoms with Gasteiger partial charge in [0, 0.05) is 32.6 Å². The molecule has 30 heavy (non-hydrogen) atoms. The van der Waals surface area contributed by atoms with Crippen LogP contribution in [-0.4, -0.2) is 47.7 Å². The maximum atomic E-state index is 12.2. The Morgan fingerprint density at radius 3 is 2.23 bits per heavy atom. The molecule has 1 saturated heterocycles. The van der Waals surface area contributed by atoms with Crippen LogP contribution < -0.4 is 0 Å². The molecule has 2 aromatic carbocycles. The number of nitrogens with zero attached hydrogens (tertiary/aromatic N) is 2. The molecule has 0 aromatic heterocycles. The van der Waals surface area contributed by atoms with Gasteiger partial charge in [0.05, 0.1) is 0 Å². The molecule has 0 unspecified atom stereocenters. The summed E-state index contributed by atoms with van der Waals surface area (Å²) < 4.78 is 10.8. The Morgan fingerprint density at radius 1 is 1.00 bits per heavy atom. The van der Waals surface area contributed by atoms with Crippen LogP contribution in [0.25, 0.3) is 0 Å². The topological polar surface area (TPSA) is 59.1 Å². The Labute approximate surface area is 178 Å². The van der Waals surface area contributed by atoms with Crippen LogP contribution in [0.5, 0.6) is 0 Å². The van der Waals surface area contributed by atoms with Crippen LogP contribution in [0, 0.1) is 0 Å². The van der Waals surface area contributed by atoms with E-state index in [2.05, 4.69) is 12.1 Å². The second-order valence-electron chi connectivity index (χ2n) is 8.72. The van der Waals surface area contributed by atoms with Crippen molar-refractivity contribution >= 4 is 12.2 Å². The molecule has 0 bridgehead atoms. The predicted molar refractivity (Wildman–Crippen MR) is 115 cm³/mol. The van der Waals surface area contributed by atoms with Crippen molar-refractivity contribution in [1.82, 2.24) is 9.80 Å². The van der Waals surface area contributed by atoms with Crippen LogP contribution in [0.3, 0.4) is 0 Å². The third-order valence-corrected chi connectivity index (χ3v) is 4.92. The number of carbonyl (C=O) groups is 2. The van der Waals surface area contributed by atoms with Crippen molar-refractivity contribution in [1.29, 1.82) is 0 Å². The van der Waals surface area contributed by atoms with Crippen molar-refractivity contribution in [2.45, 2.75) is 45.4 Å². The fourth-order valence-corrected chi connectivity index (χ4v) is 3.23. The summed E-state index contributed by atoms with van der Waals surface area (Å²) in [7, 11) is 1.73. The minimum atomic E-state index is -0.474. The third-order valence-electron chi connectivity index (χ3n) is 4.92. The van der Waals surface area contributed by atoms with Crippen molar-refractivity contribution < 1.29 is 19.1 Å². The predicted octanol–water partition coefficient (Wildman–Crippen LogP) is 4.79. The largest absolute Gasteiger partial charge is 0.445 e. The van der Waals surface area contributed by atoms with Crippen LogP contribution in [0.2, 0.25) is 0 Å². The molecule has 1 fully saturated rings. The van der Waals surface area contributed by atoms with E-state index in [0.29, 0.717) is 25.6 Å². The molecule has 0 atom stereocenters. The van der Waals surface area contributed by atoms with Gasteiger partial charge in [-0.2, -0.15) is 0 Å². The van der Waals surface area contributed by atoms with Gasteiger partial charge >= 0.3 is 12.2 Å². The lowest BCUT2D eigenvalue weighted by Crippen LogP contribution is -2.50. The van der Waals surface area contributed by atoms with E-state index in [0.717, 1.165) is 11.1 Å². The van der Waals surface area contributed by atoms with Crippen molar-refractivity contribution in [2.24, 2.45) is 0 Å². The number of ether oxygens (including phenoxy) is 2. The molecule has 3 rings (SSSR count). The standard InChI is InChI=1S/C24H30N2O4/c1-24(2,3)30-23(28)26-15-21(16-26)20-12-10-18(11-13-20)14-25(4)22(27)29-17-19-8-6-5-7-9-19/h5-13,21H,14-17H2,1-4H3. The maximum Gasteiger partial charge on any atom is 0.410 e. The Hall–Kier alpha value is -3.02. The summed E-state index contributed by atoms with van der Waals surface area (Å²) in [5.74, 6) is 0.320. The van der Waals surface area contributed by atoms with Crippen molar-refractivity contribution in [3.63, 3.8) is 0 Å². The van der Waals surface area contributed by atoms with Crippen LogP contribution >= 0.6 is 0 Å². The first-order valence-corrected chi connectivity index (χ1v) is 10.2. The summed E-state index contributed by atoms with van der Waals surface area (Å²) in [5, 5.41) is 0. The van der Waals surface area contributed by atoms with Crippen molar-refractivity contribution in [2.75, 3.05) is 20.1 Å². The van der Waals surface area contributed by atoms with Gasteiger partial charge in [0.15, 0.2) is 0 Å². The molecule has 1 aliphatic heterocycles. The highest BCUT2D eigenvalue weighted by Gasteiger charge is 2.34. The van der Waals surface area contributed by atoms with E-state index in [-0.39, 0.29) is 18.8 Å². The van der Waals surface area contributed by atoms with E-state index in [1.807, 2.05) is 63.2 Å². The highest BCUT2D eigenvalue weighted by molar-refractivity contribution is 5.69. The molecule has 6 heteroatoms. The fourth-order valence-electron chi connectivity index (χ4n) is 3.23. The molecule has 2 aromatic rings. The summed E-state index contributed by atoms with van der Waals surface area (Å²) in [4.78, 5) is 27.5. The normalized spacial score (nSPS) is 14.1. The van der Waals surface area contributed by atoms with Gasteiger partial charge < -0.3 is 19.3 Å². The van der Waals surface area contributed by atoms with Gasteiger partial charge in [-0.05, 0) is 37.5 Å². The molecule has 1 aliphatic rings. The Morgan fingerprint density at radius 2 is 1.63 bits per heavy atom. The van der Waals surface area contributed by atoms with Gasteiger partial charge in [0.2, 0.25) is 0 Å². The minimum Gasteiger partial charge on any atom is -0.445 e. The van der Waals surface area contributed by atoms with Gasteiger partial charge in [-0.15, -0.1) is 0 Å². The van der Waals surface area contributed by atoms with Crippen LogP contribution in [0.15, 0.2) is 54.6 Å². The van der Waals surface area contributed by atoms with Crippen molar-refractivity contribution in [3.05, 3.63) is 71.3 Å². The third kappa shape index (κ3) is 5.99. The summed E-state index contributed by atoms with van der Waals surface area (Å²) in [6.07, 6.45) is -0.610. The Balaban J connectivity index is 1.44. The smallest absolute Gasteiger partial charge is 0.410 e. The second kappa shape index (κ2) is 9.20. The summed E-state index contributed by atoms with van der Waals surface area (Å²) in [6, 6.07) is 17.8. The molecule has 2 amide bonds. The number of likely N-dealkylation sites (tertiary alicyclic amines) is 1. The van der Waals surface area contributed by atoms with E-state index in [1.54, 1.807) is 16.8 Å². The first kappa shape index (κ1) is 21.7. The van der Waals surface area contributed by atoms with Crippen LogP contribution in [0.1, 0.15) is 43.4 Å². The zero-order valence-electron chi connectivity index (χ0n) is 18.1. The van der Waals surface area contributed by atoms with Crippen LogP contribution in [0.4, 0.5) is 9.59 Å². The van der Waals surface area contributed by atoms with E-state index in [9.17, 15) is 9.59 Å². The van der Waals surface area contributed by atoms with Crippen LogP contribution in [-0.2, 0) is 22.6 Å². The number of amides is 2. The lowest BCUT2D eigenvalue weighted by molar-refractivity contribution is 0.00819. The highest BCUT2D eigenvalue weighted by Crippen LogP contribution is 2.28. The van der Waals surface area contributed by atoms with Gasteiger partial charge in [-0.25, -0.2) is 9.59 Å². The number of carbonyl (C=O) groups excluding carboxylic acids is 2. The molecular weight excluding hydrogens is 380 g/mol. The molecule has 0 N–H and O–H groups in total. The number of benzene rings is 2. The average Bonchev–Trinajstić information content (AvgIpc) is 2.65. The minimum absolute atomic E-state index is 0.258. The number of hydrogen-bond acceptors (Lipinski definition) is 4. The molecule has 0 aliphatic carbocycles. The zero-order chi connectivity index (χ0) is 21.7. The Kier molecular flexibility index (Phi) is 6.65. The summed E-state index contributed by atoms with van der Waals surface area (Å²) >= 11 is 0. The van der Waals surface area contributed by atoms with Gasteiger partial charge in [-0.3, -0.25) is 0 Å². The monoisotopic (exact) mass is 410 g/mol. The molecule has 0 saturated carbocycles. The first-order chi connectivity index (χ1) is 14.2. The van der Waals surface area contributed by atoms with E-state index in [4.69, 9.17) is 9.47 Å². The Bertz CT molecular complexity index is 853. The number of rotatable bonds is 5. The number of hydrogen-bond donors (Lipinski definition) is 0. The second-order valence-corrected chi connectivity index (χ2v) is 8.72. The molecule has 160 valence electrons. The highest BCUT2D eigenvalue weighted by atomic mass is 16.6. The van der Waals surface area contributed by atoms with E-state index < -0.39 is 5.60 Å². The summed E-state index contributed by atoms with van der Waals surface area (Å²) in [5.41, 5.74) is 2.71. The van der Waals surface area contributed by atoms with Gasteiger partial charge in [0.25, 0.3) is 0 Å². The van der Waals surface area contributed by atoms with Crippen molar-refractivity contribution in [3.8, 4) is 0 Å². The first-order valence-electron chi connectivity index (χ1n) is 10.2. The fraction of sp³-hybridized carbons (Fsp3) is 0.417. The van der Waals surface area contributed by atoms with E-state index >= 15 is 0 Å².